The third-order valence-corrected chi connectivity index (χ3v) is 4.50. The second kappa shape index (κ2) is 5.23. The fourth-order valence-electron chi connectivity index (χ4n) is 3.40. The Kier molecular flexibility index (Phi) is 3.18. The second-order valence-corrected chi connectivity index (χ2v) is 6.19. The van der Waals surface area contributed by atoms with Crippen molar-refractivity contribution in [3.8, 4) is 0 Å². The Bertz CT molecular complexity index is 913. The highest BCUT2D eigenvalue weighted by atomic mass is 19.1. The molecule has 23 heavy (non-hydrogen) atoms. The third kappa shape index (κ3) is 2.40. The van der Waals surface area contributed by atoms with Gasteiger partial charge in [0.25, 0.3) is 5.91 Å². The van der Waals surface area contributed by atoms with Crippen molar-refractivity contribution in [3.63, 3.8) is 0 Å². The highest BCUT2D eigenvalue weighted by Gasteiger charge is 2.27. The van der Waals surface area contributed by atoms with Gasteiger partial charge in [-0.3, -0.25) is 4.79 Å². The van der Waals surface area contributed by atoms with Crippen LogP contribution in [0.2, 0.25) is 0 Å². The van der Waals surface area contributed by atoms with Crippen LogP contribution in [0.15, 0.2) is 42.5 Å². The zero-order chi connectivity index (χ0) is 16.0. The van der Waals surface area contributed by atoms with Crippen molar-refractivity contribution in [2.45, 2.75) is 25.8 Å². The molecule has 1 unspecified atom stereocenters. The molecule has 0 fully saturated rings. The van der Waals surface area contributed by atoms with Crippen molar-refractivity contribution in [3.05, 3.63) is 70.7 Å². The molecule has 0 saturated carbocycles. The highest BCUT2D eigenvalue weighted by Crippen LogP contribution is 2.30. The van der Waals surface area contributed by atoms with Gasteiger partial charge in [-0.2, -0.15) is 0 Å². The van der Waals surface area contributed by atoms with Gasteiger partial charge in [0, 0.05) is 29.1 Å². The number of rotatable bonds is 2. The van der Waals surface area contributed by atoms with Crippen molar-refractivity contribution >= 4 is 16.8 Å². The topological polar surface area (TPSA) is 44.9 Å². The molecule has 0 saturated heterocycles. The van der Waals surface area contributed by atoms with E-state index >= 15 is 0 Å². The summed E-state index contributed by atoms with van der Waals surface area (Å²) in [5.41, 5.74) is 4.90. The summed E-state index contributed by atoms with van der Waals surface area (Å²) >= 11 is 0. The van der Waals surface area contributed by atoms with Crippen LogP contribution >= 0.6 is 0 Å². The van der Waals surface area contributed by atoms with Gasteiger partial charge in [-0.1, -0.05) is 23.8 Å². The Labute approximate surface area is 133 Å². The van der Waals surface area contributed by atoms with E-state index < -0.39 is 5.82 Å². The lowest BCUT2D eigenvalue weighted by atomic mass is 10.1. The lowest BCUT2D eigenvalue weighted by Crippen LogP contribution is -2.35. The molecule has 0 spiro atoms. The molecule has 1 aliphatic rings. The van der Waals surface area contributed by atoms with Crippen LogP contribution in [-0.2, 0) is 12.8 Å². The van der Waals surface area contributed by atoms with Crippen LogP contribution < -0.4 is 5.32 Å². The molecule has 116 valence electrons. The van der Waals surface area contributed by atoms with E-state index in [1.165, 1.54) is 34.3 Å². The van der Waals surface area contributed by atoms with Gasteiger partial charge in [0.2, 0.25) is 0 Å². The molecule has 1 atom stereocenters. The maximum Gasteiger partial charge on any atom is 0.254 e. The van der Waals surface area contributed by atoms with Crippen LogP contribution in [-0.4, -0.2) is 16.9 Å². The van der Waals surface area contributed by atoms with E-state index in [-0.39, 0.29) is 17.5 Å². The molecule has 4 heteroatoms. The Balaban J connectivity index is 1.56. The first-order valence-electron chi connectivity index (χ1n) is 7.77. The van der Waals surface area contributed by atoms with Crippen molar-refractivity contribution in [1.29, 1.82) is 0 Å². The average molecular weight is 308 g/mol. The number of aryl methyl sites for hydroxylation is 1. The number of halogens is 1. The van der Waals surface area contributed by atoms with Gasteiger partial charge < -0.3 is 10.3 Å². The molecule has 1 amide bonds. The van der Waals surface area contributed by atoms with Crippen LogP contribution in [0.4, 0.5) is 4.39 Å². The maximum absolute atomic E-state index is 13.7. The molecule has 4 rings (SSSR count). The minimum absolute atomic E-state index is 0.00766. The van der Waals surface area contributed by atoms with Crippen LogP contribution in [0.3, 0.4) is 0 Å². The molecule has 0 radical (unpaired) electrons. The number of carbonyl (C=O) groups is 1. The number of aromatic amines is 1. The molecule has 1 aromatic heterocycles. The summed E-state index contributed by atoms with van der Waals surface area (Å²) in [6, 6.07) is 12.4. The number of hydrogen-bond donors (Lipinski definition) is 2. The molecule has 2 aromatic carbocycles. The minimum Gasteiger partial charge on any atom is -0.358 e. The number of nitrogens with one attached hydrogen (secondary N) is 2. The van der Waals surface area contributed by atoms with E-state index in [0.29, 0.717) is 0 Å². The Hall–Kier alpha value is -2.62. The van der Waals surface area contributed by atoms with Crippen molar-refractivity contribution in [1.82, 2.24) is 10.3 Å². The Morgan fingerprint density at radius 2 is 2.04 bits per heavy atom. The molecule has 3 nitrogen and oxygen atoms in total. The van der Waals surface area contributed by atoms with E-state index in [0.717, 1.165) is 18.4 Å². The first-order valence-corrected chi connectivity index (χ1v) is 7.77. The van der Waals surface area contributed by atoms with Crippen LogP contribution in [0, 0.1) is 12.7 Å². The molecule has 3 aromatic rings. The van der Waals surface area contributed by atoms with Gasteiger partial charge in [-0.15, -0.1) is 0 Å². The van der Waals surface area contributed by atoms with Gasteiger partial charge in [-0.05, 0) is 43.2 Å². The van der Waals surface area contributed by atoms with Gasteiger partial charge >= 0.3 is 0 Å². The molecular formula is C19H17FN2O. The van der Waals surface area contributed by atoms with E-state index in [1.54, 1.807) is 12.1 Å². The van der Waals surface area contributed by atoms with Crippen molar-refractivity contribution in [2.24, 2.45) is 0 Å². The summed E-state index contributed by atoms with van der Waals surface area (Å²) in [7, 11) is 0. The fraction of sp³-hybridized carbons (Fsp3) is 0.211. The summed E-state index contributed by atoms with van der Waals surface area (Å²) in [6.07, 6.45) is 1.53. The molecule has 1 heterocycles. The Morgan fingerprint density at radius 3 is 2.87 bits per heavy atom. The predicted octanol–water partition coefficient (Wildman–Crippen LogP) is 3.51. The summed E-state index contributed by atoms with van der Waals surface area (Å²) in [5.74, 6) is -0.832. The standard InChI is InChI=1S/C19H17FN2O/c1-11-6-7-17-14(8-11)15-9-12(10-18(15)22-17)21-19(23)13-4-2-3-5-16(13)20/h2-8,12,22H,9-10H2,1H3,(H,21,23). The molecular weight excluding hydrogens is 291 g/mol. The lowest BCUT2D eigenvalue weighted by Gasteiger charge is -2.13. The number of amides is 1. The first-order chi connectivity index (χ1) is 11.1. The molecule has 1 aliphatic carbocycles. The van der Waals surface area contributed by atoms with Gasteiger partial charge in [0.1, 0.15) is 5.82 Å². The predicted molar refractivity (Wildman–Crippen MR) is 88.1 cm³/mol. The van der Waals surface area contributed by atoms with E-state index in [9.17, 15) is 9.18 Å². The van der Waals surface area contributed by atoms with Gasteiger partial charge in [0.05, 0.1) is 5.56 Å². The normalized spacial score (nSPS) is 16.5. The zero-order valence-electron chi connectivity index (χ0n) is 12.8. The second-order valence-electron chi connectivity index (χ2n) is 6.19. The largest absolute Gasteiger partial charge is 0.358 e. The van der Waals surface area contributed by atoms with E-state index in [4.69, 9.17) is 0 Å². The smallest absolute Gasteiger partial charge is 0.254 e. The average Bonchev–Trinajstić information content (AvgIpc) is 3.05. The number of hydrogen-bond acceptors (Lipinski definition) is 1. The van der Waals surface area contributed by atoms with Gasteiger partial charge in [0.15, 0.2) is 0 Å². The van der Waals surface area contributed by atoms with E-state index in [2.05, 4.69) is 35.4 Å². The SMILES string of the molecule is Cc1ccc2[nH]c3c(c2c1)CC(NC(=O)c1ccccc1F)C3. The highest BCUT2D eigenvalue weighted by molar-refractivity contribution is 5.95. The summed E-state index contributed by atoms with van der Waals surface area (Å²) < 4.78 is 13.7. The minimum atomic E-state index is -0.484. The third-order valence-electron chi connectivity index (χ3n) is 4.50. The lowest BCUT2D eigenvalue weighted by molar-refractivity contribution is 0.0934. The van der Waals surface area contributed by atoms with Crippen molar-refractivity contribution in [2.75, 3.05) is 0 Å². The fourth-order valence-corrected chi connectivity index (χ4v) is 3.40. The van der Waals surface area contributed by atoms with Crippen LogP contribution in [0.1, 0.15) is 27.2 Å². The number of aromatic nitrogens is 1. The molecule has 2 N–H and O–H groups in total. The van der Waals surface area contributed by atoms with Crippen LogP contribution in [0.25, 0.3) is 10.9 Å². The first kappa shape index (κ1) is 14.0. The molecule has 0 bridgehead atoms. The quantitative estimate of drug-likeness (QED) is 0.747. The van der Waals surface area contributed by atoms with Crippen LogP contribution in [0.5, 0.6) is 0 Å². The monoisotopic (exact) mass is 308 g/mol. The zero-order valence-corrected chi connectivity index (χ0v) is 12.8. The van der Waals surface area contributed by atoms with E-state index in [1.807, 2.05) is 0 Å². The van der Waals surface area contributed by atoms with Gasteiger partial charge in [-0.25, -0.2) is 4.39 Å². The number of fused-ring (bicyclic) bond motifs is 3. The summed E-state index contributed by atoms with van der Waals surface area (Å²) in [5, 5.41) is 4.17. The summed E-state index contributed by atoms with van der Waals surface area (Å²) in [4.78, 5) is 15.7. The summed E-state index contributed by atoms with van der Waals surface area (Å²) in [6.45, 7) is 2.07. The molecule has 0 aliphatic heterocycles. The Morgan fingerprint density at radius 1 is 1.22 bits per heavy atom. The van der Waals surface area contributed by atoms with Crippen molar-refractivity contribution < 1.29 is 9.18 Å². The maximum atomic E-state index is 13.7. The number of benzene rings is 2. The number of carbonyl (C=O) groups excluding carboxylic acids is 1. The number of H-pyrrole nitrogens is 1.